The van der Waals surface area contributed by atoms with E-state index in [0.29, 0.717) is 25.1 Å². The minimum absolute atomic E-state index is 0.0607. The molecule has 9 heteroatoms. The third kappa shape index (κ3) is 4.30. The molecule has 5 rings (SSSR count). The molecule has 2 aromatic heterocycles. The average Bonchev–Trinajstić information content (AvgIpc) is 3.42. The monoisotopic (exact) mass is 468 g/mol. The molecule has 1 N–H and O–H groups in total. The van der Waals surface area contributed by atoms with Crippen molar-refractivity contribution >= 4 is 28.4 Å². The first-order valence-electron chi connectivity index (χ1n) is 11.1. The summed E-state index contributed by atoms with van der Waals surface area (Å²) in [7, 11) is 0. The number of rotatable bonds is 4. The zero-order valence-corrected chi connectivity index (χ0v) is 18.3. The number of fused-ring (bicyclic) bond motifs is 1. The van der Waals surface area contributed by atoms with Crippen LogP contribution < -0.4 is 0 Å². The molecule has 2 aliphatic rings. The van der Waals surface area contributed by atoms with Crippen molar-refractivity contribution in [2.75, 3.05) is 19.6 Å². The van der Waals surface area contributed by atoms with Gasteiger partial charge < -0.3 is 14.8 Å². The van der Waals surface area contributed by atoms with E-state index in [9.17, 15) is 22.8 Å². The number of carbonyl (C=O) groups is 2. The van der Waals surface area contributed by atoms with E-state index in [2.05, 4.69) is 9.97 Å². The van der Waals surface area contributed by atoms with Gasteiger partial charge in [-0.05, 0) is 41.8 Å². The highest BCUT2D eigenvalue weighted by atomic mass is 19.4. The van der Waals surface area contributed by atoms with Gasteiger partial charge in [0.25, 0.3) is 0 Å². The summed E-state index contributed by atoms with van der Waals surface area (Å²) in [4.78, 5) is 36.3. The third-order valence-corrected chi connectivity index (χ3v) is 6.51. The fourth-order valence-electron chi connectivity index (χ4n) is 4.75. The average molecular weight is 468 g/mol. The maximum Gasteiger partial charge on any atom is 0.416 e. The second-order valence-electron chi connectivity index (χ2n) is 8.74. The standard InChI is InChI=1S/C25H23F3N4O2/c26-25(27,28)19-4-1-3-16(11-19)14-32-15-18(12-22(32)33)24(34)31-9-6-17(7-10-31)21-13-30-23-20(21)5-2-8-29-23/h1-6,8,11,13,18H,7,9-10,12,14-15H2,(H,29,30). The first-order valence-corrected chi connectivity index (χ1v) is 11.1. The normalized spacial score (nSPS) is 19.1. The Bertz CT molecular complexity index is 1280. The molecular formula is C25H23F3N4O2. The number of pyridine rings is 1. The van der Waals surface area contributed by atoms with Gasteiger partial charge in [-0.2, -0.15) is 13.2 Å². The first kappa shape index (κ1) is 22.2. The molecule has 1 saturated heterocycles. The van der Waals surface area contributed by atoms with Gasteiger partial charge in [-0.15, -0.1) is 0 Å². The molecule has 0 saturated carbocycles. The number of likely N-dealkylation sites (tertiary alicyclic amines) is 1. The SMILES string of the molecule is O=C1CC(C(=O)N2CC=C(c3c[nH]c4ncccc34)CC2)CN1Cc1cccc(C(F)(F)F)c1. The molecule has 2 amide bonds. The summed E-state index contributed by atoms with van der Waals surface area (Å²) in [6.45, 7) is 1.29. The Morgan fingerprint density at radius 1 is 1.21 bits per heavy atom. The van der Waals surface area contributed by atoms with Crippen molar-refractivity contribution in [3.63, 3.8) is 0 Å². The smallest absolute Gasteiger partial charge is 0.346 e. The van der Waals surface area contributed by atoms with Crippen LogP contribution in [0.5, 0.6) is 0 Å². The van der Waals surface area contributed by atoms with E-state index in [1.54, 1.807) is 17.2 Å². The highest BCUT2D eigenvalue weighted by Crippen LogP contribution is 2.32. The summed E-state index contributed by atoms with van der Waals surface area (Å²) < 4.78 is 39.0. The van der Waals surface area contributed by atoms with Crippen molar-refractivity contribution in [2.45, 2.75) is 25.6 Å². The molecule has 1 aromatic carbocycles. The topological polar surface area (TPSA) is 69.3 Å². The Hall–Kier alpha value is -3.62. The summed E-state index contributed by atoms with van der Waals surface area (Å²) >= 11 is 0. The van der Waals surface area contributed by atoms with E-state index in [1.165, 1.54) is 11.0 Å². The third-order valence-electron chi connectivity index (χ3n) is 6.51. The minimum atomic E-state index is -4.44. The number of aromatic amines is 1. The lowest BCUT2D eigenvalue weighted by atomic mass is 9.98. The number of hydrogen-bond acceptors (Lipinski definition) is 3. The van der Waals surface area contributed by atoms with Crippen LogP contribution in [0.2, 0.25) is 0 Å². The first-order chi connectivity index (χ1) is 16.3. The van der Waals surface area contributed by atoms with E-state index in [0.717, 1.165) is 34.3 Å². The van der Waals surface area contributed by atoms with Gasteiger partial charge in [0.1, 0.15) is 5.65 Å². The van der Waals surface area contributed by atoms with Crippen LogP contribution in [0, 0.1) is 5.92 Å². The molecule has 0 spiro atoms. The number of aromatic nitrogens is 2. The van der Waals surface area contributed by atoms with Crippen LogP contribution in [0.4, 0.5) is 13.2 Å². The molecule has 3 aromatic rings. The van der Waals surface area contributed by atoms with Crippen LogP contribution in [0.1, 0.15) is 29.5 Å². The molecule has 0 radical (unpaired) electrons. The van der Waals surface area contributed by atoms with Crippen molar-refractivity contribution in [2.24, 2.45) is 5.92 Å². The van der Waals surface area contributed by atoms with Crippen LogP contribution in [0.15, 0.2) is 54.9 Å². The number of nitrogens with one attached hydrogen (secondary N) is 1. The van der Waals surface area contributed by atoms with Gasteiger partial charge in [-0.1, -0.05) is 18.2 Å². The predicted octanol–water partition coefficient (Wildman–Crippen LogP) is 4.25. The highest BCUT2D eigenvalue weighted by molar-refractivity contribution is 5.92. The van der Waals surface area contributed by atoms with Gasteiger partial charge in [0.05, 0.1) is 11.5 Å². The fourth-order valence-corrected chi connectivity index (χ4v) is 4.75. The Balaban J connectivity index is 1.23. The van der Waals surface area contributed by atoms with E-state index in [-0.39, 0.29) is 31.3 Å². The molecule has 1 fully saturated rings. The fraction of sp³-hybridized carbons (Fsp3) is 0.320. The number of alkyl halides is 3. The zero-order chi connectivity index (χ0) is 23.9. The lowest BCUT2D eigenvalue weighted by molar-refractivity contribution is -0.137. The molecule has 176 valence electrons. The van der Waals surface area contributed by atoms with E-state index in [4.69, 9.17) is 0 Å². The lowest BCUT2D eigenvalue weighted by Crippen LogP contribution is -2.39. The number of amides is 2. The van der Waals surface area contributed by atoms with Gasteiger partial charge in [-0.3, -0.25) is 9.59 Å². The van der Waals surface area contributed by atoms with Crippen molar-refractivity contribution in [1.29, 1.82) is 0 Å². The Morgan fingerprint density at radius 2 is 2.06 bits per heavy atom. The molecule has 34 heavy (non-hydrogen) atoms. The second-order valence-corrected chi connectivity index (χ2v) is 8.74. The van der Waals surface area contributed by atoms with Crippen LogP contribution in [-0.2, 0) is 22.3 Å². The van der Waals surface area contributed by atoms with Crippen molar-refractivity contribution in [1.82, 2.24) is 19.8 Å². The van der Waals surface area contributed by atoms with Crippen LogP contribution in [0.25, 0.3) is 16.6 Å². The van der Waals surface area contributed by atoms with Gasteiger partial charge >= 0.3 is 6.18 Å². The molecule has 0 bridgehead atoms. The van der Waals surface area contributed by atoms with Crippen molar-refractivity contribution in [3.8, 4) is 0 Å². The van der Waals surface area contributed by atoms with Gasteiger partial charge in [0.2, 0.25) is 11.8 Å². The molecule has 2 aliphatic heterocycles. The number of hydrogen-bond donors (Lipinski definition) is 1. The molecule has 0 aliphatic carbocycles. The maximum atomic E-state index is 13.1. The largest absolute Gasteiger partial charge is 0.416 e. The summed E-state index contributed by atoms with van der Waals surface area (Å²) in [5.41, 5.74) is 2.71. The van der Waals surface area contributed by atoms with Crippen LogP contribution in [-0.4, -0.2) is 51.2 Å². The molecule has 4 heterocycles. The summed E-state index contributed by atoms with van der Waals surface area (Å²) in [6, 6.07) is 8.86. The predicted molar refractivity (Wildman–Crippen MR) is 120 cm³/mol. The lowest BCUT2D eigenvalue weighted by Gasteiger charge is -2.28. The summed E-state index contributed by atoms with van der Waals surface area (Å²) in [5, 5.41) is 1.04. The van der Waals surface area contributed by atoms with Crippen molar-refractivity contribution in [3.05, 3.63) is 71.6 Å². The zero-order valence-electron chi connectivity index (χ0n) is 18.3. The molecule has 1 atom stereocenters. The summed E-state index contributed by atoms with van der Waals surface area (Å²) in [5.74, 6) is -0.781. The number of benzene rings is 1. The van der Waals surface area contributed by atoms with Crippen LogP contribution in [0.3, 0.4) is 0 Å². The number of halogens is 3. The quantitative estimate of drug-likeness (QED) is 0.623. The molecular weight excluding hydrogens is 445 g/mol. The number of H-pyrrole nitrogens is 1. The Morgan fingerprint density at radius 3 is 2.82 bits per heavy atom. The Kier molecular flexibility index (Phi) is 5.63. The molecule has 6 nitrogen and oxygen atoms in total. The van der Waals surface area contributed by atoms with Gasteiger partial charge in [0.15, 0.2) is 0 Å². The second kappa shape index (κ2) is 8.62. The molecule has 1 unspecified atom stereocenters. The van der Waals surface area contributed by atoms with E-state index >= 15 is 0 Å². The minimum Gasteiger partial charge on any atom is -0.346 e. The van der Waals surface area contributed by atoms with Gasteiger partial charge in [-0.25, -0.2) is 4.98 Å². The van der Waals surface area contributed by atoms with E-state index < -0.39 is 17.7 Å². The number of carbonyl (C=O) groups excluding carboxylic acids is 2. The number of nitrogens with zero attached hydrogens (tertiary/aromatic N) is 3. The Labute approximate surface area is 194 Å². The van der Waals surface area contributed by atoms with E-state index in [1.807, 2.05) is 24.4 Å². The van der Waals surface area contributed by atoms with Crippen molar-refractivity contribution < 1.29 is 22.8 Å². The maximum absolute atomic E-state index is 13.1. The highest BCUT2D eigenvalue weighted by Gasteiger charge is 2.37. The van der Waals surface area contributed by atoms with Gasteiger partial charge in [0, 0.05) is 55.9 Å². The summed E-state index contributed by atoms with van der Waals surface area (Å²) in [6.07, 6.45) is 2.04. The van der Waals surface area contributed by atoms with Crippen LogP contribution >= 0.6 is 0 Å².